The molecule has 0 saturated carbocycles. The quantitative estimate of drug-likeness (QED) is 0.157. The smallest absolute Gasteiger partial charge is 0.251 e. The minimum Gasteiger partial charge on any atom is -0.494 e. The molecular weight excluding hydrogens is 498 g/mol. The highest BCUT2D eigenvalue weighted by atomic mass is 16.5. The van der Waals surface area contributed by atoms with E-state index in [2.05, 4.69) is 22.5 Å². The molecule has 2 aromatic carbocycles. The number of carbonyl (C=O) groups is 3. The first-order valence-corrected chi connectivity index (χ1v) is 13.1. The van der Waals surface area contributed by atoms with Crippen LogP contribution in [0, 0.1) is 12.8 Å². The average molecular weight is 536 g/mol. The van der Waals surface area contributed by atoms with Crippen LogP contribution in [0.15, 0.2) is 54.6 Å². The molecule has 208 valence electrons. The number of nitrogens with one attached hydrogen (secondary N) is 3. The van der Waals surface area contributed by atoms with Crippen molar-refractivity contribution in [3.8, 4) is 17.5 Å². The van der Waals surface area contributed by atoms with E-state index in [0.29, 0.717) is 17.9 Å². The van der Waals surface area contributed by atoms with Gasteiger partial charge in [-0.3, -0.25) is 19.4 Å². The molecule has 39 heavy (non-hydrogen) atoms. The standard InChI is InChI=1S/C30H37N3O6/c1-5-6-16-39-22-14-12-21(13-15-22)29(37)31-23(20-10-8-7-9-11-20)17-24(34)32-26(18(2)3)27(35)25-19(4)28(36)33-30(25)38/h7-15,18,23,26,33,36,38H,5-6,16-17H2,1-4H3,(H,31,37)(H,32,34)/t23-,26-/m0/s1. The number of aromatic hydroxyl groups is 2. The van der Waals surface area contributed by atoms with Gasteiger partial charge in [-0.15, -0.1) is 0 Å². The van der Waals surface area contributed by atoms with Crippen molar-refractivity contribution in [2.24, 2.45) is 5.92 Å². The van der Waals surface area contributed by atoms with Crippen LogP contribution in [0.25, 0.3) is 0 Å². The fourth-order valence-electron chi connectivity index (χ4n) is 4.19. The fraction of sp³-hybridized carbons (Fsp3) is 0.367. The number of hydrogen-bond donors (Lipinski definition) is 5. The number of benzene rings is 2. The Morgan fingerprint density at radius 3 is 2.18 bits per heavy atom. The number of rotatable bonds is 13. The molecule has 1 aromatic heterocycles. The van der Waals surface area contributed by atoms with Crippen LogP contribution in [0.1, 0.15) is 77.9 Å². The molecule has 0 unspecified atom stereocenters. The average Bonchev–Trinajstić information content (AvgIpc) is 3.17. The summed E-state index contributed by atoms with van der Waals surface area (Å²) in [7, 11) is 0. The Kier molecular flexibility index (Phi) is 10.1. The van der Waals surface area contributed by atoms with Gasteiger partial charge in [0.15, 0.2) is 11.7 Å². The molecule has 9 heteroatoms. The Hall–Kier alpha value is -4.27. The van der Waals surface area contributed by atoms with Crippen molar-refractivity contribution in [1.29, 1.82) is 0 Å². The summed E-state index contributed by atoms with van der Waals surface area (Å²) in [5, 5.41) is 25.7. The van der Waals surface area contributed by atoms with Gasteiger partial charge >= 0.3 is 0 Å². The summed E-state index contributed by atoms with van der Waals surface area (Å²) < 4.78 is 5.66. The second kappa shape index (κ2) is 13.5. The second-order valence-corrected chi connectivity index (χ2v) is 9.84. The first-order valence-electron chi connectivity index (χ1n) is 13.1. The van der Waals surface area contributed by atoms with E-state index in [-0.39, 0.29) is 35.3 Å². The zero-order valence-electron chi connectivity index (χ0n) is 22.8. The Morgan fingerprint density at radius 2 is 1.62 bits per heavy atom. The molecule has 9 nitrogen and oxygen atoms in total. The molecule has 0 spiro atoms. The third-order valence-corrected chi connectivity index (χ3v) is 6.50. The largest absolute Gasteiger partial charge is 0.494 e. The van der Waals surface area contributed by atoms with Crippen molar-refractivity contribution in [1.82, 2.24) is 15.6 Å². The van der Waals surface area contributed by atoms with Crippen LogP contribution in [-0.2, 0) is 4.79 Å². The van der Waals surface area contributed by atoms with Crippen LogP contribution in [0.5, 0.6) is 17.5 Å². The maximum Gasteiger partial charge on any atom is 0.251 e. The van der Waals surface area contributed by atoms with E-state index in [1.807, 2.05) is 30.3 Å². The Labute approximate surface area is 228 Å². The van der Waals surface area contributed by atoms with Crippen molar-refractivity contribution in [3.05, 3.63) is 76.9 Å². The van der Waals surface area contributed by atoms with Crippen molar-refractivity contribution in [2.45, 2.75) is 59.0 Å². The molecule has 2 amide bonds. The van der Waals surface area contributed by atoms with E-state index in [1.54, 1.807) is 38.1 Å². The van der Waals surface area contributed by atoms with E-state index in [9.17, 15) is 24.6 Å². The highest BCUT2D eigenvalue weighted by Gasteiger charge is 2.31. The first kappa shape index (κ1) is 29.3. The predicted octanol–water partition coefficient (Wildman–Crippen LogP) is 4.80. The van der Waals surface area contributed by atoms with Crippen molar-refractivity contribution in [2.75, 3.05) is 6.61 Å². The second-order valence-electron chi connectivity index (χ2n) is 9.84. The van der Waals surface area contributed by atoms with Crippen LogP contribution in [-0.4, -0.2) is 45.4 Å². The number of H-pyrrole nitrogens is 1. The van der Waals surface area contributed by atoms with Gasteiger partial charge in [0.25, 0.3) is 5.91 Å². The van der Waals surface area contributed by atoms with E-state index in [0.717, 1.165) is 18.4 Å². The summed E-state index contributed by atoms with van der Waals surface area (Å²) in [4.78, 5) is 41.8. The summed E-state index contributed by atoms with van der Waals surface area (Å²) in [5.74, 6) is -1.71. The molecule has 1 heterocycles. The van der Waals surface area contributed by atoms with Gasteiger partial charge in [0.2, 0.25) is 11.8 Å². The SMILES string of the molecule is CCCCOc1ccc(C(=O)N[C@@H](CC(=O)N[C@H](C(=O)c2c(O)[nH]c(O)c2C)C(C)C)c2ccccc2)cc1. The molecule has 0 bridgehead atoms. The molecule has 3 aromatic rings. The number of carbonyl (C=O) groups excluding carboxylic acids is 3. The van der Waals surface area contributed by atoms with Gasteiger partial charge in [-0.1, -0.05) is 57.5 Å². The van der Waals surface area contributed by atoms with Crippen LogP contribution in [0.2, 0.25) is 0 Å². The van der Waals surface area contributed by atoms with Gasteiger partial charge < -0.3 is 25.6 Å². The van der Waals surface area contributed by atoms with Gasteiger partial charge in [-0.25, -0.2) is 0 Å². The van der Waals surface area contributed by atoms with E-state index >= 15 is 0 Å². The third kappa shape index (κ3) is 7.63. The maximum absolute atomic E-state index is 13.2. The van der Waals surface area contributed by atoms with Crippen molar-refractivity contribution < 1.29 is 29.3 Å². The van der Waals surface area contributed by atoms with Gasteiger partial charge in [0.05, 0.1) is 30.7 Å². The Morgan fingerprint density at radius 1 is 0.949 bits per heavy atom. The zero-order valence-corrected chi connectivity index (χ0v) is 22.8. The normalized spacial score (nSPS) is 12.5. The van der Waals surface area contributed by atoms with E-state index in [4.69, 9.17) is 4.74 Å². The molecule has 0 fully saturated rings. The number of aromatic amines is 1. The number of ketones is 1. The topological polar surface area (TPSA) is 141 Å². The van der Waals surface area contributed by atoms with Gasteiger partial charge in [-0.2, -0.15) is 0 Å². The number of ether oxygens (including phenoxy) is 1. The number of Topliss-reactive ketones (excluding diaryl/α,β-unsaturated/α-hetero) is 1. The number of unbranched alkanes of at least 4 members (excludes halogenated alkanes) is 1. The zero-order chi connectivity index (χ0) is 28.5. The third-order valence-electron chi connectivity index (χ3n) is 6.50. The fourth-order valence-corrected chi connectivity index (χ4v) is 4.19. The lowest BCUT2D eigenvalue weighted by atomic mass is 9.93. The lowest BCUT2D eigenvalue weighted by Crippen LogP contribution is -2.45. The van der Waals surface area contributed by atoms with Crippen LogP contribution >= 0.6 is 0 Å². The van der Waals surface area contributed by atoms with E-state index < -0.39 is 29.7 Å². The van der Waals surface area contributed by atoms with E-state index in [1.165, 1.54) is 6.92 Å². The summed E-state index contributed by atoms with van der Waals surface area (Å²) >= 11 is 0. The highest BCUT2D eigenvalue weighted by molar-refractivity contribution is 6.05. The van der Waals surface area contributed by atoms with Crippen LogP contribution in [0.4, 0.5) is 0 Å². The monoisotopic (exact) mass is 535 g/mol. The summed E-state index contributed by atoms with van der Waals surface area (Å²) in [6, 6.07) is 14.3. The van der Waals surface area contributed by atoms with Gasteiger partial charge in [0, 0.05) is 11.1 Å². The number of aromatic nitrogens is 1. The van der Waals surface area contributed by atoms with Crippen molar-refractivity contribution >= 4 is 17.6 Å². The molecule has 2 atom stereocenters. The minimum atomic E-state index is -0.954. The lowest BCUT2D eigenvalue weighted by molar-refractivity contribution is -0.122. The highest BCUT2D eigenvalue weighted by Crippen LogP contribution is 2.30. The lowest BCUT2D eigenvalue weighted by Gasteiger charge is -2.24. The molecular formula is C30H37N3O6. The van der Waals surface area contributed by atoms with Crippen LogP contribution < -0.4 is 15.4 Å². The summed E-state index contributed by atoms with van der Waals surface area (Å²) in [6.07, 6.45) is 1.85. The molecule has 5 N–H and O–H groups in total. The molecule has 0 aliphatic carbocycles. The maximum atomic E-state index is 13.2. The summed E-state index contributed by atoms with van der Waals surface area (Å²) in [5.41, 5.74) is 1.29. The minimum absolute atomic E-state index is 0.0680. The van der Waals surface area contributed by atoms with Gasteiger partial charge in [-0.05, 0) is 49.1 Å². The molecule has 0 aliphatic rings. The number of amides is 2. The molecule has 0 radical (unpaired) electrons. The van der Waals surface area contributed by atoms with Crippen molar-refractivity contribution in [3.63, 3.8) is 0 Å². The summed E-state index contributed by atoms with van der Waals surface area (Å²) in [6.45, 7) is 7.74. The molecule has 0 aliphatic heterocycles. The predicted molar refractivity (Wildman–Crippen MR) is 148 cm³/mol. The van der Waals surface area contributed by atoms with Crippen LogP contribution in [0.3, 0.4) is 0 Å². The first-order chi connectivity index (χ1) is 18.6. The Balaban J connectivity index is 1.74. The van der Waals surface area contributed by atoms with Gasteiger partial charge in [0.1, 0.15) is 5.75 Å². The molecule has 0 saturated heterocycles. The molecule has 3 rings (SSSR count). The number of hydrogen-bond acceptors (Lipinski definition) is 6. The Bertz CT molecular complexity index is 1270.